The van der Waals surface area contributed by atoms with Gasteiger partial charge in [-0.25, -0.2) is 0 Å². The summed E-state index contributed by atoms with van der Waals surface area (Å²) in [6, 6.07) is 16.7. The number of hydrogen-bond donors (Lipinski definition) is 2. The van der Waals surface area contributed by atoms with E-state index in [-0.39, 0.29) is 6.10 Å². The Balaban J connectivity index is 2.12. The first-order valence-electron chi connectivity index (χ1n) is 7.40. The topological polar surface area (TPSA) is 64.3 Å². The second kappa shape index (κ2) is 7.61. The summed E-state index contributed by atoms with van der Waals surface area (Å²) in [5.41, 5.74) is 7.38. The Hall–Kier alpha value is -2.33. The Morgan fingerprint density at radius 1 is 1.09 bits per heavy atom. The van der Waals surface area contributed by atoms with Gasteiger partial charge in [-0.15, -0.1) is 0 Å². The molecular weight excluding hydrogens is 276 g/mol. The van der Waals surface area contributed by atoms with E-state index in [1.54, 1.807) is 0 Å². The molecule has 0 unspecified atom stereocenters. The maximum absolute atomic E-state index is 11.7. The molecule has 2 rings (SSSR count). The summed E-state index contributed by atoms with van der Waals surface area (Å²) in [6.45, 7) is 4.48. The van der Waals surface area contributed by atoms with Crippen molar-refractivity contribution in [2.24, 2.45) is 5.73 Å². The molecule has 3 N–H and O–H groups in total. The highest BCUT2D eigenvalue weighted by atomic mass is 16.5. The van der Waals surface area contributed by atoms with Gasteiger partial charge in [0.25, 0.3) is 0 Å². The summed E-state index contributed by atoms with van der Waals surface area (Å²) in [5, 5.41) is 3.21. The minimum Gasteiger partial charge on any atom is -0.491 e. The molecule has 22 heavy (non-hydrogen) atoms. The number of hydrogen-bond acceptors (Lipinski definition) is 3. The minimum absolute atomic E-state index is 0.0993. The Kier molecular flexibility index (Phi) is 5.55. The molecule has 0 radical (unpaired) electrons. The van der Waals surface area contributed by atoms with Crippen LogP contribution in [0.5, 0.6) is 5.75 Å². The number of para-hydroxylation sites is 1. The van der Waals surface area contributed by atoms with Crippen molar-refractivity contribution in [1.82, 2.24) is 5.32 Å². The molecule has 0 spiro atoms. The molecule has 2 aromatic rings. The van der Waals surface area contributed by atoms with Gasteiger partial charge in [0.15, 0.2) is 0 Å². The fourth-order valence-corrected chi connectivity index (χ4v) is 2.26. The number of benzene rings is 2. The van der Waals surface area contributed by atoms with E-state index < -0.39 is 11.9 Å². The van der Waals surface area contributed by atoms with Crippen LogP contribution in [-0.2, 0) is 11.3 Å². The largest absolute Gasteiger partial charge is 0.491 e. The highest BCUT2D eigenvalue weighted by Gasteiger charge is 2.17. The van der Waals surface area contributed by atoms with E-state index in [1.165, 1.54) is 0 Å². The first-order valence-corrected chi connectivity index (χ1v) is 7.40. The van der Waals surface area contributed by atoms with Crippen molar-refractivity contribution >= 4 is 5.91 Å². The van der Waals surface area contributed by atoms with Crippen LogP contribution in [-0.4, -0.2) is 12.0 Å². The molecule has 0 aliphatic heterocycles. The van der Waals surface area contributed by atoms with Gasteiger partial charge in [-0.1, -0.05) is 48.5 Å². The lowest BCUT2D eigenvalue weighted by Crippen LogP contribution is -2.33. The van der Waals surface area contributed by atoms with Gasteiger partial charge in [0.2, 0.25) is 5.91 Å². The van der Waals surface area contributed by atoms with Gasteiger partial charge in [0.1, 0.15) is 11.8 Å². The van der Waals surface area contributed by atoms with E-state index in [4.69, 9.17) is 10.5 Å². The molecule has 0 aliphatic rings. The van der Waals surface area contributed by atoms with Crippen LogP contribution in [0.3, 0.4) is 0 Å². The van der Waals surface area contributed by atoms with Crippen LogP contribution >= 0.6 is 0 Å². The quantitative estimate of drug-likeness (QED) is 0.826. The van der Waals surface area contributed by atoms with Gasteiger partial charge in [0.05, 0.1) is 6.10 Å². The van der Waals surface area contributed by atoms with Gasteiger partial charge < -0.3 is 10.5 Å². The summed E-state index contributed by atoms with van der Waals surface area (Å²) in [5.74, 6) is 0.426. The maximum Gasteiger partial charge on any atom is 0.239 e. The van der Waals surface area contributed by atoms with Crippen molar-refractivity contribution in [3.8, 4) is 5.75 Å². The predicted octanol–water partition coefficient (Wildman–Crippen LogP) is 2.79. The van der Waals surface area contributed by atoms with Crippen molar-refractivity contribution in [3.05, 3.63) is 65.7 Å². The number of nitrogens with one attached hydrogen (secondary N) is 1. The average molecular weight is 298 g/mol. The van der Waals surface area contributed by atoms with Crippen molar-refractivity contribution in [3.63, 3.8) is 0 Å². The van der Waals surface area contributed by atoms with Crippen LogP contribution in [0.2, 0.25) is 0 Å². The molecule has 0 saturated heterocycles. The van der Waals surface area contributed by atoms with E-state index in [0.29, 0.717) is 6.54 Å². The molecule has 4 nitrogen and oxygen atoms in total. The smallest absolute Gasteiger partial charge is 0.239 e. The van der Waals surface area contributed by atoms with Crippen LogP contribution in [0.4, 0.5) is 0 Å². The Bertz CT molecular complexity index is 611. The summed E-state index contributed by atoms with van der Waals surface area (Å²) >= 11 is 0. The molecule has 1 atom stereocenters. The molecule has 0 aliphatic carbocycles. The van der Waals surface area contributed by atoms with Gasteiger partial charge in [-0.3, -0.25) is 10.1 Å². The molecule has 0 aromatic heterocycles. The minimum atomic E-state index is -0.520. The zero-order valence-corrected chi connectivity index (χ0v) is 13.0. The first-order chi connectivity index (χ1) is 10.6. The summed E-state index contributed by atoms with van der Waals surface area (Å²) in [6.07, 6.45) is 0.0993. The summed E-state index contributed by atoms with van der Waals surface area (Å²) in [4.78, 5) is 11.7. The SMILES string of the molecule is CC(C)Oc1ccccc1CN[C@@H](C(N)=O)c1ccccc1. The average Bonchev–Trinajstić information content (AvgIpc) is 2.49. The number of carbonyl (C=O) groups is 1. The molecule has 0 fully saturated rings. The van der Waals surface area contributed by atoms with Crippen LogP contribution in [0.1, 0.15) is 31.0 Å². The molecule has 0 saturated carbocycles. The Morgan fingerprint density at radius 2 is 1.73 bits per heavy atom. The van der Waals surface area contributed by atoms with Crippen LogP contribution < -0.4 is 15.8 Å². The normalized spacial score (nSPS) is 12.1. The lowest BCUT2D eigenvalue weighted by atomic mass is 10.1. The Labute approximate surface area is 131 Å². The second-order valence-corrected chi connectivity index (χ2v) is 5.40. The lowest BCUT2D eigenvalue weighted by Gasteiger charge is -2.18. The van der Waals surface area contributed by atoms with E-state index in [2.05, 4.69) is 5.32 Å². The molecular formula is C18H22N2O2. The molecule has 0 bridgehead atoms. The first kappa shape index (κ1) is 16.0. The molecule has 116 valence electrons. The fourth-order valence-electron chi connectivity index (χ4n) is 2.26. The highest BCUT2D eigenvalue weighted by molar-refractivity contribution is 5.81. The number of nitrogens with two attached hydrogens (primary N) is 1. The van der Waals surface area contributed by atoms with Gasteiger partial charge >= 0.3 is 0 Å². The number of primary amides is 1. The zero-order chi connectivity index (χ0) is 15.9. The molecule has 0 heterocycles. The lowest BCUT2D eigenvalue weighted by molar-refractivity contribution is -0.120. The van der Waals surface area contributed by atoms with Crippen molar-refractivity contribution < 1.29 is 9.53 Å². The van der Waals surface area contributed by atoms with Crippen molar-refractivity contribution in [2.75, 3.05) is 0 Å². The number of ether oxygens (including phenoxy) is 1. The third-order valence-electron chi connectivity index (χ3n) is 3.25. The zero-order valence-electron chi connectivity index (χ0n) is 13.0. The number of amides is 1. The van der Waals surface area contributed by atoms with Crippen molar-refractivity contribution in [1.29, 1.82) is 0 Å². The van der Waals surface area contributed by atoms with E-state index in [0.717, 1.165) is 16.9 Å². The van der Waals surface area contributed by atoms with Crippen LogP contribution in [0.15, 0.2) is 54.6 Å². The fraction of sp³-hybridized carbons (Fsp3) is 0.278. The van der Waals surface area contributed by atoms with Crippen LogP contribution in [0, 0.1) is 0 Å². The van der Waals surface area contributed by atoms with Gasteiger partial charge in [-0.05, 0) is 25.5 Å². The van der Waals surface area contributed by atoms with Crippen molar-refractivity contribution in [2.45, 2.75) is 32.5 Å². The standard InChI is InChI=1S/C18H22N2O2/c1-13(2)22-16-11-7-6-10-15(16)12-20-17(18(19)21)14-8-4-3-5-9-14/h3-11,13,17,20H,12H2,1-2H3,(H2,19,21)/t17-/m1/s1. The second-order valence-electron chi connectivity index (χ2n) is 5.40. The highest BCUT2D eigenvalue weighted by Crippen LogP contribution is 2.21. The van der Waals surface area contributed by atoms with Gasteiger partial charge in [-0.2, -0.15) is 0 Å². The molecule has 4 heteroatoms. The van der Waals surface area contributed by atoms with Gasteiger partial charge in [0, 0.05) is 12.1 Å². The van der Waals surface area contributed by atoms with Crippen LogP contribution in [0.25, 0.3) is 0 Å². The molecule has 2 aromatic carbocycles. The van der Waals surface area contributed by atoms with E-state index in [1.807, 2.05) is 68.4 Å². The molecule has 1 amide bonds. The maximum atomic E-state index is 11.7. The van der Waals surface area contributed by atoms with E-state index >= 15 is 0 Å². The number of carbonyl (C=O) groups excluding carboxylic acids is 1. The summed E-state index contributed by atoms with van der Waals surface area (Å²) < 4.78 is 5.79. The third-order valence-corrected chi connectivity index (χ3v) is 3.25. The Morgan fingerprint density at radius 3 is 2.36 bits per heavy atom. The number of rotatable bonds is 7. The van der Waals surface area contributed by atoms with E-state index in [9.17, 15) is 4.79 Å². The predicted molar refractivity (Wildman–Crippen MR) is 87.4 cm³/mol. The third kappa shape index (κ3) is 4.33. The summed E-state index contributed by atoms with van der Waals surface area (Å²) in [7, 11) is 0. The monoisotopic (exact) mass is 298 g/mol.